The summed E-state index contributed by atoms with van der Waals surface area (Å²) in [5, 5.41) is 4.17. The Kier molecular flexibility index (Phi) is 6.20. The van der Waals surface area contributed by atoms with Crippen molar-refractivity contribution in [3.63, 3.8) is 0 Å². The Labute approximate surface area is 137 Å². The molecule has 1 aromatic carbocycles. The van der Waals surface area contributed by atoms with E-state index in [2.05, 4.69) is 5.10 Å². The third-order valence-electron chi connectivity index (χ3n) is 3.77. The Morgan fingerprint density at radius 1 is 1.30 bits per heavy atom. The van der Waals surface area contributed by atoms with E-state index in [4.69, 9.17) is 4.74 Å². The van der Waals surface area contributed by atoms with Gasteiger partial charge in [0.1, 0.15) is 5.75 Å². The molecule has 0 aliphatic carbocycles. The molecular formula is C18H25N3O2. The van der Waals surface area contributed by atoms with Crippen LogP contribution in [0.25, 0.3) is 0 Å². The van der Waals surface area contributed by atoms with Gasteiger partial charge in [0, 0.05) is 31.0 Å². The first-order valence-corrected chi connectivity index (χ1v) is 8.12. The van der Waals surface area contributed by atoms with Gasteiger partial charge in [0.05, 0.1) is 19.1 Å². The van der Waals surface area contributed by atoms with Gasteiger partial charge in [-0.15, -0.1) is 0 Å². The molecule has 0 saturated heterocycles. The number of ether oxygens (including phenoxy) is 1. The minimum absolute atomic E-state index is 0.117. The number of aromatic nitrogens is 2. The van der Waals surface area contributed by atoms with Gasteiger partial charge < -0.3 is 9.64 Å². The normalized spacial score (nSPS) is 12.0. The quantitative estimate of drug-likeness (QED) is 0.752. The molecule has 23 heavy (non-hydrogen) atoms. The van der Waals surface area contributed by atoms with Crippen molar-refractivity contribution in [2.75, 3.05) is 13.2 Å². The first-order valence-electron chi connectivity index (χ1n) is 8.12. The molecule has 2 rings (SSSR count). The molecule has 1 heterocycles. The maximum Gasteiger partial charge on any atom is 0.227 e. The van der Waals surface area contributed by atoms with Gasteiger partial charge in [-0.25, -0.2) is 0 Å². The molecule has 0 radical (unpaired) electrons. The van der Waals surface area contributed by atoms with Crippen molar-refractivity contribution in [2.24, 2.45) is 5.92 Å². The van der Waals surface area contributed by atoms with Crippen molar-refractivity contribution in [1.29, 1.82) is 0 Å². The van der Waals surface area contributed by atoms with Gasteiger partial charge in [0.2, 0.25) is 5.91 Å². The highest BCUT2D eigenvalue weighted by atomic mass is 16.5. The average Bonchev–Trinajstić information content (AvgIpc) is 3.06. The molecule has 0 fully saturated rings. The first kappa shape index (κ1) is 17.1. The lowest BCUT2D eigenvalue weighted by Crippen LogP contribution is -2.36. The number of amides is 1. The molecular weight excluding hydrogens is 290 g/mol. The van der Waals surface area contributed by atoms with Crippen molar-refractivity contribution in [2.45, 2.75) is 33.9 Å². The molecule has 0 aliphatic rings. The molecule has 1 aromatic heterocycles. The van der Waals surface area contributed by atoms with E-state index in [1.54, 1.807) is 10.9 Å². The second-order valence-corrected chi connectivity index (χ2v) is 5.52. The van der Waals surface area contributed by atoms with Crippen LogP contribution in [0.15, 0.2) is 42.7 Å². The van der Waals surface area contributed by atoms with Gasteiger partial charge in [-0.2, -0.15) is 5.10 Å². The predicted octanol–water partition coefficient (Wildman–Crippen LogP) is 2.97. The van der Waals surface area contributed by atoms with E-state index < -0.39 is 0 Å². The fraction of sp³-hybridized carbons (Fsp3) is 0.444. The molecule has 0 saturated carbocycles. The monoisotopic (exact) mass is 315 g/mol. The van der Waals surface area contributed by atoms with Crippen molar-refractivity contribution < 1.29 is 9.53 Å². The smallest absolute Gasteiger partial charge is 0.227 e. The van der Waals surface area contributed by atoms with Crippen LogP contribution in [0, 0.1) is 5.92 Å². The lowest BCUT2D eigenvalue weighted by Gasteiger charge is -2.25. The molecule has 124 valence electrons. The summed E-state index contributed by atoms with van der Waals surface area (Å²) >= 11 is 0. The predicted molar refractivity (Wildman–Crippen MR) is 90.1 cm³/mol. The minimum atomic E-state index is -0.117. The Morgan fingerprint density at radius 2 is 2.09 bits per heavy atom. The first-order chi connectivity index (χ1) is 11.2. The van der Waals surface area contributed by atoms with E-state index in [-0.39, 0.29) is 11.8 Å². The highest BCUT2D eigenvalue weighted by Gasteiger charge is 2.21. The van der Waals surface area contributed by atoms with Gasteiger partial charge in [-0.3, -0.25) is 9.48 Å². The number of carbonyl (C=O) groups excluding carboxylic acids is 1. The van der Waals surface area contributed by atoms with E-state index in [0.717, 1.165) is 11.3 Å². The molecule has 0 spiro atoms. The molecule has 0 N–H and O–H groups in total. The number of hydrogen-bond donors (Lipinski definition) is 0. The van der Waals surface area contributed by atoms with Crippen LogP contribution in [0.3, 0.4) is 0 Å². The average molecular weight is 315 g/mol. The van der Waals surface area contributed by atoms with Crippen LogP contribution in [-0.4, -0.2) is 33.7 Å². The van der Waals surface area contributed by atoms with Crippen LogP contribution in [0.1, 0.15) is 26.3 Å². The zero-order valence-electron chi connectivity index (χ0n) is 14.1. The second kappa shape index (κ2) is 8.36. The summed E-state index contributed by atoms with van der Waals surface area (Å²) in [6.45, 7) is 8.36. The number of para-hydroxylation sites is 1. The zero-order chi connectivity index (χ0) is 16.7. The fourth-order valence-corrected chi connectivity index (χ4v) is 2.56. The highest BCUT2D eigenvalue weighted by Crippen LogP contribution is 2.21. The molecule has 5 nitrogen and oxygen atoms in total. The van der Waals surface area contributed by atoms with E-state index >= 15 is 0 Å². The summed E-state index contributed by atoms with van der Waals surface area (Å²) in [5.41, 5.74) is 1.04. The van der Waals surface area contributed by atoms with Crippen LogP contribution in [0.2, 0.25) is 0 Å². The van der Waals surface area contributed by atoms with Crippen LogP contribution < -0.4 is 4.74 Å². The maximum atomic E-state index is 12.7. The van der Waals surface area contributed by atoms with Crippen LogP contribution in [-0.2, 0) is 17.9 Å². The molecule has 1 atom stereocenters. The second-order valence-electron chi connectivity index (χ2n) is 5.52. The molecule has 1 unspecified atom stereocenters. The van der Waals surface area contributed by atoms with E-state index in [9.17, 15) is 4.79 Å². The summed E-state index contributed by atoms with van der Waals surface area (Å²) in [5.74, 6) is 0.865. The van der Waals surface area contributed by atoms with Gasteiger partial charge in [-0.05, 0) is 26.0 Å². The summed E-state index contributed by atoms with van der Waals surface area (Å²) < 4.78 is 7.45. The van der Waals surface area contributed by atoms with Crippen LogP contribution in [0.4, 0.5) is 0 Å². The fourth-order valence-electron chi connectivity index (χ4n) is 2.56. The van der Waals surface area contributed by atoms with Crippen molar-refractivity contribution >= 4 is 5.91 Å². The van der Waals surface area contributed by atoms with Gasteiger partial charge in [-0.1, -0.05) is 25.1 Å². The molecule has 0 aliphatic heterocycles. The summed E-state index contributed by atoms with van der Waals surface area (Å²) in [6.07, 6.45) is 3.61. The lowest BCUT2D eigenvalue weighted by atomic mass is 10.1. The van der Waals surface area contributed by atoms with Gasteiger partial charge >= 0.3 is 0 Å². The highest BCUT2D eigenvalue weighted by molar-refractivity contribution is 5.78. The summed E-state index contributed by atoms with van der Waals surface area (Å²) in [4.78, 5) is 14.6. The third-order valence-corrected chi connectivity index (χ3v) is 3.77. The number of carbonyl (C=O) groups is 1. The topological polar surface area (TPSA) is 47.4 Å². The zero-order valence-corrected chi connectivity index (χ0v) is 14.1. The lowest BCUT2D eigenvalue weighted by molar-refractivity contribution is -0.135. The standard InChI is InChI=1S/C18H25N3O2/c1-4-20(14-16-9-6-7-10-17(16)23-5-2)18(22)15(3)13-21-12-8-11-19-21/h6-12,15H,4-5,13-14H2,1-3H3. The molecule has 5 heteroatoms. The Bertz CT molecular complexity index is 610. The van der Waals surface area contributed by atoms with E-state index in [0.29, 0.717) is 26.2 Å². The number of nitrogens with zero attached hydrogens (tertiary/aromatic N) is 3. The Hall–Kier alpha value is -2.30. The molecule has 0 bridgehead atoms. The van der Waals surface area contributed by atoms with Crippen LogP contribution in [0.5, 0.6) is 5.75 Å². The largest absolute Gasteiger partial charge is 0.494 e. The number of hydrogen-bond acceptors (Lipinski definition) is 3. The van der Waals surface area contributed by atoms with E-state index in [1.807, 2.05) is 62.2 Å². The van der Waals surface area contributed by atoms with Crippen molar-refractivity contribution in [1.82, 2.24) is 14.7 Å². The Morgan fingerprint density at radius 3 is 2.74 bits per heavy atom. The number of rotatable bonds is 8. The number of benzene rings is 1. The van der Waals surface area contributed by atoms with Crippen molar-refractivity contribution in [3.05, 3.63) is 48.3 Å². The minimum Gasteiger partial charge on any atom is -0.494 e. The van der Waals surface area contributed by atoms with Crippen LogP contribution >= 0.6 is 0 Å². The van der Waals surface area contributed by atoms with Crippen molar-refractivity contribution in [3.8, 4) is 5.75 Å². The third kappa shape index (κ3) is 4.58. The molecule has 1 amide bonds. The summed E-state index contributed by atoms with van der Waals surface area (Å²) in [7, 11) is 0. The molecule has 2 aromatic rings. The van der Waals surface area contributed by atoms with E-state index in [1.165, 1.54) is 0 Å². The Balaban J connectivity index is 2.05. The van der Waals surface area contributed by atoms with Gasteiger partial charge in [0.15, 0.2) is 0 Å². The SMILES string of the molecule is CCOc1ccccc1CN(CC)C(=O)C(C)Cn1cccn1. The van der Waals surface area contributed by atoms with Gasteiger partial charge in [0.25, 0.3) is 0 Å². The summed E-state index contributed by atoms with van der Waals surface area (Å²) in [6, 6.07) is 9.76. The maximum absolute atomic E-state index is 12.7.